The highest BCUT2D eigenvalue weighted by Crippen LogP contribution is 2.31. The molecule has 2 N–H and O–H groups in total. The van der Waals surface area contributed by atoms with Crippen molar-refractivity contribution in [3.05, 3.63) is 59.3 Å². The van der Waals surface area contributed by atoms with Gasteiger partial charge in [0, 0.05) is 77.4 Å². The second-order valence-corrected chi connectivity index (χ2v) is 13.7. The molecule has 0 radical (unpaired) electrons. The van der Waals surface area contributed by atoms with Gasteiger partial charge in [0.2, 0.25) is 12.3 Å². The van der Waals surface area contributed by atoms with E-state index in [0.29, 0.717) is 26.1 Å². The summed E-state index contributed by atoms with van der Waals surface area (Å²) >= 11 is 0. The Bertz CT molecular complexity index is 1320. The number of phenolic OH excluding ortho intramolecular Hbond substituents is 1. The van der Waals surface area contributed by atoms with Crippen LogP contribution in [0.5, 0.6) is 11.5 Å². The quantitative estimate of drug-likeness (QED) is 0.0781. The van der Waals surface area contributed by atoms with Crippen LogP contribution in [0.3, 0.4) is 0 Å². The molecular weight excluding hydrogens is 672 g/mol. The van der Waals surface area contributed by atoms with Gasteiger partial charge in [0.1, 0.15) is 5.78 Å². The number of piperidine rings is 1. The summed E-state index contributed by atoms with van der Waals surface area (Å²) in [4.78, 5) is 51.7. The standard InChI is InChI=1S/C21H33N3O3.C11H23NO.C10H12O3/c1-5-7-20(22-4)18(6-2)10-13-24(16-25)19-11-14-23(15-12-19)21(27)9-8-17(3)26;1-3-7-12(8-4-2)11-5-9-13-10-6-11;1-6-4-7(2)10(9(12)5-6)13-8(3)11/h5-7,16,19,22H,2,8-15H2,1,3-4H3;11H,3-10H2,1-2H3;4-5,12H,1-3H3/b7-5-,20-18-;;. The third-order valence-corrected chi connectivity index (χ3v) is 9.32. The van der Waals surface area contributed by atoms with Crippen LogP contribution in [-0.2, 0) is 23.9 Å². The lowest BCUT2D eigenvalue weighted by atomic mass is 10.0. The first-order valence-corrected chi connectivity index (χ1v) is 19.3. The van der Waals surface area contributed by atoms with E-state index in [1.807, 2.05) is 55.0 Å². The molecule has 2 fully saturated rings. The number of ketones is 1. The van der Waals surface area contributed by atoms with E-state index in [9.17, 15) is 24.3 Å². The highest BCUT2D eigenvalue weighted by Gasteiger charge is 2.26. The van der Waals surface area contributed by atoms with Crippen LogP contribution in [0.25, 0.3) is 0 Å². The van der Waals surface area contributed by atoms with Crippen LogP contribution in [0.1, 0.15) is 104 Å². The number of carbonyl (C=O) groups is 4. The number of aromatic hydroxyl groups is 1. The number of hydrogen-bond donors (Lipinski definition) is 2. The van der Waals surface area contributed by atoms with Gasteiger partial charge < -0.3 is 39.4 Å². The lowest BCUT2D eigenvalue weighted by molar-refractivity contribution is -0.135. The number of benzene rings is 1. The van der Waals surface area contributed by atoms with Crippen LogP contribution in [0, 0.1) is 13.8 Å². The minimum absolute atomic E-state index is 0.00713. The fourth-order valence-corrected chi connectivity index (χ4v) is 6.63. The van der Waals surface area contributed by atoms with E-state index in [4.69, 9.17) is 9.47 Å². The molecule has 2 heterocycles. The minimum atomic E-state index is -0.428. The zero-order chi connectivity index (χ0) is 39.8. The first-order valence-electron chi connectivity index (χ1n) is 19.3. The molecule has 0 atom stereocenters. The van der Waals surface area contributed by atoms with Gasteiger partial charge in [-0.25, -0.2) is 0 Å². The average molecular weight is 741 g/mol. The number of hydrogen-bond acceptors (Lipinski definition) is 9. The summed E-state index contributed by atoms with van der Waals surface area (Å²) in [6.45, 7) is 23.2. The molecule has 53 heavy (non-hydrogen) atoms. The van der Waals surface area contributed by atoms with Gasteiger partial charge in [-0.15, -0.1) is 0 Å². The Labute approximate surface area is 319 Å². The van der Waals surface area contributed by atoms with E-state index in [0.717, 1.165) is 67.3 Å². The molecule has 11 nitrogen and oxygen atoms in total. The van der Waals surface area contributed by atoms with Crippen molar-refractivity contribution in [2.24, 2.45) is 0 Å². The molecule has 0 aliphatic carbocycles. The SMILES string of the molecule is C=C/C(CCN(C=O)C1CCN(C(=O)CCC(C)=O)CC1)=C(\C=C/C)NC.CC(=O)Oc1c(C)cc(C)cc1O.CCCN(CCC)C1CCOCC1. The van der Waals surface area contributed by atoms with Crippen molar-refractivity contribution in [3.63, 3.8) is 0 Å². The van der Waals surface area contributed by atoms with Gasteiger partial charge in [-0.3, -0.25) is 14.4 Å². The second kappa shape index (κ2) is 26.7. The highest BCUT2D eigenvalue weighted by atomic mass is 16.5. The maximum absolute atomic E-state index is 12.1. The number of nitrogens with one attached hydrogen (secondary N) is 1. The summed E-state index contributed by atoms with van der Waals surface area (Å²) in [6, 6.07) is 4.35. The van der Waals surface area contributed by atoms with Crippen molar-refractivity contribution < 1.29 is 33.8 Å². The fraction of sp³-hybridized carbons (Fsp3) is 0.619. The fourth-order valence-electron chi connectivity index (χ4n) is 6.63. The maximum Gasteiger partial charge on any atom is 0.308 e. The number of rotatable bonds is 17. The third-order valence-electron chi connectivity index (χ3n) is 9.32. The number of likely N-dealkylation sites (N-methyl/N-ethyl adjacent to an activating group) is 1. The number of ether oxygens (including phenoxy) is 2. The smallest absolute Gasteiger partial charge is 0.308 e. The summed E-state index contributed by atoms with van der Waals surface area (Å²) < 4.78 is 10.2. The Morgan fingerprint density at radius 1 is 0.981 bits per heavy atom. The van der Waals surface area contributed by atoms with Crippen molar-refractivity contribution >= 4 is 24.1 Å². The predicted molar refractivity (Wildman–Crippen MR) is 213 cm³/mol. The number of allylic oxidation sites excluding steroid dienone is 3. The number of carbonyl (C=O) groups excluding carboxylic acids is 4. The maximum atomic E-state index is 12.1. The number of amides is 2. The Morgan fingerprint density at radius 3 is 2.08 bits per heavy atom. The Balaban J connectivity index is 0.000000447. The summed E-state index contributed by atoms with van der Waals surface area (Å²) in [6.07, 6.45) is 14.6. The van der Waals surface area contributed by atoms with Crippen molar-refractivity contribution in [2.75, 3.05) is 53.0 Å². The second-order valence-electron chi connectivity index (χ2n) is 13.7. The van der Waals surface area contributed by atoms with Crippen molar-refractivity contribution in [2.45, 2.75) is 118 Å². The molecule has 2 saturated heterocycles. The molecule has 298 valence electrons. The molecule has 2 aliphatic rings. The van der Waals surface area contributed by atoms with E-state index < -0.39 is 5.97 Å². The molecule has 0 spiro atoms. The van der Waals surface area contributed by atoms with Gasteiger partial charge in [0.25, 0.3) is 0 Å². The largest absolute Gasteiger partial charge is 0.504 e. The van der Waals surface area contributed by atoms with Crippen molar-refractivity contribution in [1.29, 1.82) is 0 Å². The average Bonchev–Trinajstić information content (AvgIpc) is 3.14. The Morgan fingerprint density at radius 2 is 1.60 bits per heavy atom. The van der Waals surface area contributed by atoms with Gasteiger partial charge in [-0.05, 0) is 115 Å². The Kier molecular flexibility index (Phi) is 23.8. The summed E-state index contributed by atoms with van der Waals surface area (Å²) in [5, 5.41) is 12.6. The summed E-state index contributed by atoms with van der Waals surface area (Å²) in [5.41, 5.74) is 3.77. The number of aryl methyl sites for hydroxylation is 2. The van der Waals surface area contributed by atoms with Crippen LogP contribution in [0.4, 0.5) is 0 Å². The lowest BCUT2D eigenvalue weighted by Gasteiger charge is -2.37. The van der Waals surface area contributed by atoms with Crippen LogP contribution in [0.15, 0.2) is 48.2 Å². The monoisotopic (exact) mass is 741 g/mol. The molecular formula is C42H68N4O7. The normalized spacial score (nSPS) is 15.4. The number of nitrogens with zero attached hydrogens (tertiary/aromatic N) is 3. The number of phenols is 1. The third kappa shape index (κ3) is 18.1. The molecule has 2 amide bonds. The first kappa shape index (κ1) is 47.1. The van der Waals surface area contributed by atoms with Gasteiger partial charge in [0.15, 0.2) is 11.5 Å². The van der Waals surface area contributed by atoms with E-state index in [1.165, 1.54) is 52.6 Å². The van der Waals surface area contributed by atoms with Gasteiger partial charge in [-0.2, -0.15) is 0 Å². The zero-order valence-corrected chi connectivity index (χ0v) is 33.9. The van der Waals surface area contributed by atoms with Crippen LogP contribution < -0.4 is 10.1 Å². The summed E-state index contributed by atoms with van der Waals surface area (Å²) in [7, 11) is 1.87. The highest BCUT2D eigenvalue weighted by molar-refractivity contribution is 5.83. The minimum Gasteiger partial charge on any atom is -0.504 e. The Hall–Kier alpha value is -3.96. The number of Topliss-reactive ketones (excluding diaryl/α,β-unsaturated/α-hetero) is 1. The van der Waals surface area contributed by atoms with Gasteiger partial charge in [-0.1, -0.05) is 38.6 Å². The topological polar surface area (TPSA) is 129 Å². The van der Waals surface area contributed by atoms with E-state index in [1.54, 1.807) is 13.0 Å². The molecule has 2 aliphatic heterocycles. The molecule has 3 rings (SSSR count). The van der Waals surface area contributed by atoms with Crippen LogP contribution in [-0.4, -0.2) is 109 Å². The first-order chi connectivity index (χ1) is 25.3. The van der Waals surface area contributed by atoms with E-state index in [2.05, 4.69) is 30.6 Å². The van der Waals surface area contributed by atoms with Crippen molar-refractivity contribution in [3.8, 4) is 11.5 Å². The van der Waals surface area contributed by atoms with Gasteiger partial charge in [0.05, 0.1) is 0 Å². The van der Waals surface area contributed by atoms with E-state index >= 15 is 0 Å². The van der Waals surface area contributed by atoms with Crippen LogP contribution >= 0.6 is 0 Å². The van der Waals surface area contributed by atoms with Crippen LogP contribution in [0.2, 0.25) is 0 Å². The van der Waals surface area contributed by atoms with Crippen molar-refractivity contribution in [1.82, 2.24) is 20.0 Å². The predicted octanol–water partition coefficient (Wildman–Crippen LogP) is 6.65. The van der Waals surface area contributed by atoms with E-state index in [-0.39, 0.29) is 35.7 Å². The molecule has 0 saturated carbocycles. The molecule has 0 unspecified atom stereocenters. The molecule has 11 heteroatoms. The number of esters is 1. The lowest BCUT2D eigenvalue weighted by Crippen LogP contribution is -2.46. The molecule has 0 aromatic heterocycles. The van der Waals surface area contributed by atoms with Gasteiger partial charge >= 0.3 is 5.97 Å². The molecule has 0 bridgehead atoms. The molecule has 1 aromatic carbocycles. The number of likely N-dealkylation sites (tertiary alicyclic amines) is 1. The molecule has 1 aromatic rings. The zero-order valence-electron chi connectivity index (χ0n) is 33.9. The summed E-state index contributed by atoms with van der Waals surface area (Å²) in [5.74, 6) is -0.105.